The second-order valence-corrected chi connectivity index (χ2v) is 9.18. The molecule has 1 N–H and O–H groups in total. The highest BCUT2D eigenvalue weighted by atomic mass is 32.1. The summed E-state index contributed by atoms with van der Waals surface area (Å²) in [4.78, 5) is 34.0. The molecule has 0 bridgehead atoms. The summed E-state index contributed by atoms with van der Waals surface area (Å²) in [5.41, 5.74) is 2.15. The Morgan fingerprint density at radius 3 is 2.62 bits per heavy atom. The molecule has 0 saturated carbocycles. The van der Waals surface area contributed by atoms with Crippen LogP contribution in [0, 0.1) is 0 Å². The average molecular weight is 445 g/mol. The van der Waals surface area contributed by atoms with E-state index < -0.39 is 0 Å². The van der Waals surface area contributed by atoms with E-state index in [1.165, 1.54) is 27.8 Å². The van der Waals surface area contributed by atoms with Gasteiger partial charge in [0.25, 0.3) is 5.56 Å². The first-order chi connectivity index (χ1) is 15.7. The van der Waals surface area contributed by atoms with Crippen LogP contribution in [0.4, 0.5) is 0 Å². The lowest BCUT2D eigenvalue weighted by Gasteiger charge is -2.17. The highest BCUT2D eigenvalue weighted by Crippen LogP contribution is 2.30. The molecule has 1 atom stereocenters. The molecule has 1 saturated heterocycles. The molecule has 5 rings (SSSR count). The Kier molecular flexibility index (Phi) is 5.83. The van der Waals surface area contributed by atoms with Gasteiger partial charge in [-0.05, 0) is 23.6 Å². The van der Waals surface area contributed by atoms with Gasteiger partial charge in [0.1, 0.15) is 11.4 Å². The third-order valence-corrected chi connectivity index (χ3v) is 6.87. The lowest BCUT2D eigenvalue weighted by Crippen LogP contribution is -2.40. The average Bonchev–Trinajstić information content (AvgIpc) is 3.44. The molecule has 4 aromatic rings. The molecule has 0 spiro atoms. The van der Waals surface area contributed by atoms with Crippen molar-refractivity contribution in [2.75, 3.05) is 13.1 Å². The zero-order valence-corrected chi connectivity index (χ0v) is 18.4. The van der Waals surface area contributed by atoms with E-state index in [9.17, 15) is 9.59 Å². The molecule has 2 aromatic heterocycles. The fourth-order valence-electron chi connectivity index (χ4n) is 4.18. The smallest absolute Gasteiger partial charge is 0.262 e. The number of benzene rings is 2. The summed E-state index contributed by atoms with van der Waals surface area (Å²) < 4.78 is 1.40. The Morgan fingerprint density at radius 2 is 1.84 bits per heavy atom. The molecule has 1 amide bonds. The monoisotopic (exact) mass is 444 g/mol. The van der Waals surface area contributed by atoms with Crippen LogP contribution in [0.15, 0.2) is 77.9 Å². The maximum absolute atomic E-state index is 12.9. The first-order valence-corrected chi connectivity index (χ1v) is 11.6. The number of nitrogens with zero attached hydrogens (tertiary/aromatic N) is 3. The molecule has 1 fully saturated rings. The number of carbonyl (C=O) groups excluding carboxylic acids is 1. The molecule has 2 aromatic carbocycles. The van der Waals surface area contributed by atoms with Crippen LogP contribution in [0.1, 0.15) is 12.0 Å². The van der Waals surface area contributed by atoms with E-state index in [4.69, 9.17) is 0 Å². The van der Waals surface area contributed by atoms with Crippen molar-refractivity contribution in [3.8, 4) is 10.4 Å². The number of hydrogen-bond acceptors (Lipinski definition) is 5. The standard InChI is InChI=1S/C25H24N4O2S/c30-23(27-20-11-12-28(15-20)14-18-7-3-1-4-8-18)16-29-17-26-24-21(25(29)31)13-22(32-24)19-9-5-2-6-10-19/h1-10,13,17,20H,11-12,14-16H2,(H,27,30)/t20-/m0/s1. The number of likely N-dealkylation sites (tertiary alicyclic amines) is 1. The van der Waals surface area contributed by atoms with Crippen LogP contribution in [-0.2, 0) is 17.9 Å². The van der Waals surface area contributed by atoms with Crippen molar-refractivity contribution in [2.24, 2.45) is 0 Å². The predicted molar refractivity (Wildman–Crippen MR) is 128 cm³/mol. The Morgan fingerprint density at radius 1 is 1.09 bits per heavy atom. The van der Waals surface area contributed by atoms with Gasteiger partial charge in [-0.3, -0.25) is 19.1 Å². The lowest BCUT2D eigenvalue weighted by molar-refractivity contribution is -0.122. The molecule has 162 valence electrons. The van der Waals surface area contributed by atoms with Gasteiger partial charge in [0.2, 0.25) is 5.91 Å². The van der Waals surface area contributed by atoms with E-state index in [1.54, 1.807) is 0 Å². The van der Waals surface area contributed by atoms with Crippen molar-refractivity contribution < 1.29 is 4.79 Å². The summed E-state index contributed by atoms with van der Waals surface area (Å²) in [5, 5.41) is 3.64. The van der Waals surface area contributed by atoms with Gasteiger partial charge in [-0.15, -0.1) is 11.3 Å². The topological polar surface area (TPSA) is 67.2 Å². The maximum Gasteiger partial charge on any atom is 0.262 e. The molecule has 1 aliphatic heterocycles. The minimum absolute atomic E-state index is 0.0204. The number of thiophene rings is 1. The Bertz CT molecular complexity index is 1280. The molecular weight excluding hydrogens is 420 g/mol. The third kappa shape index (κ3) is 4.49. The van der Waals surface area contributed by atoms with Gasteiger partial charge >= 0.3 is 0 Å². The van der Waals surface area contributed by atoms with Gasteiger partial charge in [0, 0.05) is 30.6 Å². The van der Waals surface area contributed by atoms with Gasteiger partial charge in [0.15, 0.2) is 0 Å². The number of carbonyl (C=O) groups is 1. The van der Waals surface area contributed by atoms with Gasteiger partial charge in [-0.2, -0.15) is 0 Å². The minimum atomic E-state index is -0.180. The number of aromatic nitrogens is 2. The van der Waals surface area contributed by atoms with E-state index in [1.807, 2.05) is 54.6 Å². The van der Waals surface area contributed by atoms with Crippen molar-refractivity contribution in [1.82, 2.24) is 19.8 Å². The molecule has 1 aliphatic rings. The number of hydrogen-bond donors (Lipinski definition) is 1. The SMILES string of the molecule is O=C(Cn1cnc2sc(-c3ccccc3)cc2c1=O)N[C@H]1CCN(Cc2ccccc2)C1. The van der Waals surface area contributed by atoms with Crippen molar-refractivity contribution in [1.29, 1.82) is 0 Å². The number of fused-ring (bicyclic) bond motifs is 1. The minimum Gasteiger partial charge on any atom is -0.350 e. The summed E-state index contributed by atoms with van der Waals surface area (Å²) >= 11 is 1.49. The van der Waals surface area contributed by atoms with Gasteiger partial charge in [-0.25, -0.2) is 4.98 Å². The Labute approximate surface area is 190 Å². The summed E-state index contributed by atoms with van der Waals surface area (Å²) in [6.07, 6.45) is 2.39. The molecule has 6 nitrogen and oxygen atoms in total. The van der Waals surface area contributed by atoms with Gasteiger partial charge in [-0.1, -0.05) is 60.7 Å². The van der Waals surface area contributed by atoms with Crippen LogP contribution in [0.25, 0.3) is 20.7 Å². The lowest BCUT2D eigenvalue weighted by atomic mass is 10.2. The fraction of sp³-hybridized carbons (Fsp3) is 0.240. The van der Waals surface area contributed by atoms with Crippen LogP contribution < -0.4 is 10.9 Å². The first kappa shape index (κ1) is 20.6. The largest absolute Gasteiger partial charge is 0.350 e. The van der Waals surface area contributed by atoms with E-state index in [-0.39, 0.29) is 24.1 Å². The van der Waals surface area contributed by atoms with Crippen molar-refractivity contribution in [3.05, 3.63) is 89.0 Å². The molecule has 0 aliphatic carbocycles. The van der Waals surface area contributed by atoms with Crippen LogP contribution >= 0.6 is 11.3 Å². The van der Waals surface area contributed by atoms with Gasteiger partial charge < -0.3 is 5.32 Å². The number of rotatable bonds is 6. The highest BCUT2D eigenvalue weighted by Gasteiger charge is 2.24. The quantitative estimate of drug-likeness (QED) is 0.494. The van der Waals surface area contributed by atoms with Crippen molar-refractivity contribution in [2.45, 2.75) is 25.6 Å². The Hall–Kier alpha value is -3.29. The molecule has 0 radical (unpaired) electrons. The summed E-state index contributed by atoms with van der Waals surface area (Å²) in [5.74, 6) is -0.154. The zero-order valence-electron chi connectivity index (χ0n) is 17.6. The van der Waals surface area contributed by atoms with Crippen LogP contribution in [0.5, 0.6) is 0 Å². The van der Waals surface area contributed by atoms with Crippen LogP contribution in [-0.4, -0.2) is 39.5 Å². The normalized spacial score (nSPS) is 16.4. The van der Waals surface area contributed by atoms with Crippen LogP contribution in [0.2, 0.25) is 0 Å². The van der Waals surface area contributed by atoms with E-state index in [0.29, 0.717) is 10.2 Å². The summed E-state index contributed by atoms with van der Waals surface area (Å²) in [6, 6.07) is 22.3. The second kappa shape index (κ2) is 9.06. The fourth-order valence-corrected chi connectivity index (χ4v) is 5.18. The zero-order chi connectivity index (χ0) is 21.9. The third-order valence-electron chi connectivity index (χ3n) is 5.78. The molecule has 7 heteroatoms. The number of nitrogens with one attached hydrogen (secondary N) is 1. The summed E-state index contributed by atoms with van der Waals surface area (Å²) in [6.45, 7) is 2.63. The van der Waals surface area contributed by atoms with E-state index in [0.717, 1.165) is 36.5 Å². The van der Waals surface area contributed by atoms with E-state index in [2.05, 4.69) is 27.3 Å². The van der Waals surface area contributed by atoms with Gasteiger partial charge in [0.05, 0.1) is 11.7 Å². The molecule has 3 heterocycles. The second-order valence-electron chi connectivity index (χ2n) is 8.15. The van der Waals surface area contributed by atoms with E-state index >= 15 is 0 Å². The predicted octanol–water partition coefficient (Wildman–Crippen LogP) is 3.52. The number of amides is 1. The molecule has 32 heavy (non-hydrogen) atoms. The maximum atomic E-state index is 12.9. The van der Waals surface area contributed by atoms with Crippen molar-refractivity contribution in [3.63, 3.8) is 0 Å². The molecular formula is C25H24N4O2S. The first-order valence-electron chi connectivity index (χ1n) is 10.8. The molecule has 0 unspecified atom stereocenters. The van der Waals surface area contributed by atoms with Crippen LogP contribution in [0.3, 0.4) is 0 Å². The van der Waals surface area contributed by atoms with Crippen molar-refractivity contribution >= 4 is 27.5 Å². The Balaban J connectivity index is 1.23. The summed E-state index contributed by atoms with van der Waals surface area (Å²) in [7, 11) is 0. The highest BCUT2D eigenvalue weighted by molar-refractivity contribution is 7.21.